The molecule has 29 heavy (non-hydrogen) atoms. The Hall–Kier alpha value is -0.880. The summed E-state index contributed by atoms with van der Waals surface area (Å²) in [7, 11) is 0. The minimum atomic E-state index is 0. The Morgan fingerprint density at radius 3 is 2.31 bits per heavy atom. The first-order valence-electron chi connectivity index (χ1n) is 9.38. The maximum Gasteiger partial charge on any atom is 0.180 e. The summed E-state index contributed by atoms with van der Waals surface area (Å²) in [5.74, 6) is 1.20. The summed E-state index contributed by atoms with van der Waals surface area (Å²) in [5, 5.41) is 7.95. The summed E-state index contributed by atoms with van der Waals surface area (Å²) in [6.45, 7) is 8.62. The highest BCUT2D eigenvalue weighted by molar-refractivity contribution is 6.32. The molecular weight excluding hydrogens is 454 g/mol. The third kappa shape index (κ3) is 9.65. The number of ether oxygens (including phenoxy) is 2. The summed E-state index contributed by atoms with van der Waals surface area (Å²) in [6.07, 6.45) is 1.08. The van der Waals surface area contributed by atoms with Crippen LogP contribution < -0.4 is 20.1 Å². The Kier molecular flexibility index (Phi) is 15.4. The standard InChI is InChI=1S/C21H28Cl2N2O2.2ClH/c1-3-24-10-7-11-25-14-16-12-19(23)21(20(13-16)26-4-2)27-15-17-8-5-6-9-18(17)22;;/h5-6,8-9,12-13,24-25H,3-4,7,10-11,14-15H2,1-2H3;2*1H. The van der Waals surface area contributed by atoms with Gasteiger partial charge in [0, 0.05) is 17.1 Å². The first-order valence-corrected chi connectivity index (χ1v) is 10.1. The molecule has 2 aromatic carbocycles. The molecule has 0 spiro atoms. The highest BCUT2D eigenvalue weighted by Crippen LogP contribution is 2.37. The van der Waals surface area contributed by atoms with Crippen LogP contribution in [0.4, 0.5) is 0 Å². The molecule has 0 saturated heterocycles. The Morgan fingerprint density at radius 2 is 1.62 bits per heavy atom. The van der Waals surface area contributed by atoms with Crippen LogP contribution in [0.5, 0.6) is 11.5 Å². The molecule has 2 N–H and O–H groups in total. The van der Waals surface area contributed by atoms with Gasteiger partial charge >= 0.3 is 0 Å². The Morgan fingerprint density at radius 1 is 0.897 bits per heavy atom. The first kappa shape index (κ1) is 28.1. The molecule has 2 rings (SSSR count). The van der Waals surface area contributed by atoms with Crippen LogP contribution >= 0.6 is 48.0 Å². The van der Waals surface area contributed by atoms with Gasteiger partial charge in [0.25, 0.3) is 0 Å². The topological polar surface area (TPSA) is 42.5 Å². The molecular formula is C21H30Cl4N2O2. The summed E-state index contributed by atoms with van der Waals surface area (Å²) in [5.41, 5.74) is 1.97. The molecule has 0 aliphatic rings. The molecule has 2 aromatic rings. The van der Waals surface area contributed by atoms with Gasteiger partial charge in [-0.1, -0.05) is 48.3 Å². The van der Waals surface area contributed by atoms with E-state index in [9.17, 15) is 0 Å². The van der Waals surface area contributed by atoms with Crippen molar-refractivity contribution in [3.63, 3.8) is 0 Å². The van der Waals surface area contributed by atoms with Gasteiger partial charge in [-0.3, -0.25) is 0 Å². The van der Waals surface area contributed by atoms with Crippen molar-refractivity contribution in [1.29, 1.82) is 0 Å². The van der Waals surface area contributed by atoms with E-state index < -0.39 is 0 Å². The van der Waals surface area contributed by atoms with Crippen molar-refractivity contribution in [2.24, 2.45) is 0 Å². The number of benzene rings is 2. The highest BCUT2D eigenvalue weighted by atomic mass is 35.5. The minimum Gasteiger partial charge on any atom is -0.490 e. The second kappa shape index (κ2) is 15.9. The molecule has 0 unspecified atom stereocenters. The van der Waals surface area contributed by atoms with Gasteiger partial charge in [0.2, 0.25) is 0 Å². The van der Waals surface area contributed by atoms with Crippen molar-refractivity contribution < 1.29 is 9.47 Å². The zero-order chi connectivity index (χ0) is 19.5. The number of hydrogen-bond donors (Lipinski definition) is 2. The SMILES string of the molecule is CCNCCCNCc1cc(Cl)c(OCc2ccccc2Cl)c(OCC)c1.Cl.Cl. The monoisotopic (exact) mass is 482 g/mol. The van der Waals surface area contributed by atoms with Crippen molar-refractivity contribution in [1.82, 2.24) is 10.6 Å². The number of rotatable bonds is 12. The smallest absolute Gasteiger partial charge is 0.180 e. The van der Waals surface area contributed by atoms with Crippen LogP contribution in [0.1, 0.15) is 31.4 Å². The average Bonchev–Trinajstić information content (AvgIpc) is 2.65. The molecule has 8 heteroatoms. The van der Waals surface area contributed by atoms with Gasteiger partial charge in [-0.05, 0) is 56.7 Å². The minimum absolute atomic E-state index is 0. The zero-order valence-electron chi connectivity index (χ0n) is 16.8. The third-order valence-corrected chi connectivity index (χ3v) is 4.63. The summed E-state index contributed by atoms with van der Waals surface area (Å²) >= 11 is 12.7. The summed E-state index contributed by atoms with van der Waals surface area (Å²) in [4.78, 5) is 0. The van der Waals surface area contributed by atoms with Crippen LogP contribution in [0, 0.1) is 0 Å². The third-order valence-electron chi connectivity index (χ3n) is 3.99. The van der Waals surface area contributed by atoms with E-state index in [0.717, 1.165) is 43.7 Å². The van der Waals surface area contributed by atoms with Gasteiger partial charge in [0.15, 0.2) is 11.5 Å². The van der Waals surface area contributed by atoms with E-state index in [2.05, 4.69) is 17.6 Å². The number of halogens is 4. The Balaban J connectivity index is 0.00000392. The lowest BCUT2D eigenvalue weighted by atomic mass is 10.2. The summed E-state index contributed by atoms with van der Waals surface area (Å²) in [6, 6.07) is 11.5. The molecule has 0 bridgehead atoms. The van der Waals surface area contributed by atoms with Crippen molar-refractivity contribution in [2.75, 3.05) is 26.2 Å². The molecule has 0 heterocycles. The van der Waals surface area contributed by atoms with Crippen molar-refractivity contribution in [3.05, 3.63) is 57.6 Å². The van der Waals surface area contributed by atoms with Crippen LogP contribution in [0.15, 0.2) is 36.4 Å². The van der Waals surface area contributed by atoms with Gasteiger partial charge in [0.05, 0.1) is 11.6 Å². The van der Waals surface area contributed by atoms with Crippen molar-refractivity contribution in [2.45, 2.75) is 33.4 Å². The van der Waals surface area contributed by atoms with E-state index in [0.29, 0.717) is 34.8 Å². The lowest BCUT2D eigenvalue weighted by Crippen LogP contribution is -2.21. The molecule has 0 amide bonds. The zero-order valence-corrected chi connectivity index (χ0v) is 19.9. The predicted octanol–water partition coefficient (Wildman–Crippen LogP) is 5.90. The molecule has 4 nitrogen and oxygen atoms in total. The summed E-state index contributed by atoms with van der Waals surface area (Å²) < 4.78 is 11.7. The van der Waals surface area contributed by atoms with Crippen LogP contribution in [-0.2, 0) is 13.2 Å². The predicted molar refractivity (Wildman–Crippen MR) is 128 cm³/mol. The Labute approximate surface area is 196 Å². The quantitative estimate of drug-likeness (QED) is 0.368. The van der Waals surface area contributed by atoms with Crippen LogP contribution in [0.2, 0.25) is 10.0 Å². The van der Waals surface area contributed by atoms with E-state index in [1.807, 2.05) is 43.3 Å². The molecule has 164 valence electrons. The van der Waals surface area contributed by atoms with Gasteiger partial charge in [-0.2, -0.15) is 0 Å². The normalized spacial score (nSPS) is 10.1. The van der Waals surface area contributed by atoms with Gasteiger partial charge in [-0.15, -0.1) is 24.8 Å². The Bertz CT molecular complexity index is 717. The van der Waals surface area contributed by atoms with E-state index in [1.54, 1.807) is 0 Å². The number of nitrogens with one attached hydrogen (secondary N) is 2. The van der Waals surface area contributed by atoms with Gasteiger partial charge < -0.3 is 20.1 Å². The van der Waals surface area contributed by atoms with Gasteiger partial charge in [-0.25, -0.2) is 0 Å². The van der Waals surface area contributed by atoms with E-state index in [4.69, 9.17) is 32.7 Å². The maximum atomic E-state index is 6.48. The average molecular weight is 484 g/mol. The van der Waals surface area contributed by atoms with E-state index >= 15 is 0 Å². The molecule has 0 aliphatic carbocycles. The lowest BCUT2D eigenvalue weighted by Gasteiger charge is -2.16. The van der Waals surface area contributed by atoms with Crippen LogP contribution in [-0.4, -0.2) is 26.2 Å². The second-order valence-corrected chi connectivity index (χ2v) is 6.92. The van der Waals surface area contributed by atoms with E-state index in [1.165, 1.54) is 0 Å². The van der Waals surface area contributed by atoms with Crippen molar-refractivity contribution in [3.8, 4) is 11.5 Å². The molecule has 0 saturated carbocycles. The fourth-order valence-corrected chi connectivity index (χ4v) is 3.12. The first-order chi connectivity index (χ1) is 13.2. The number of hydrogen-bond acceptors (Lipinski definition) is 4. The van der Waals surface area contributed by atoms with Crippen LogP contribution in [0.25, 0.3) is 0 Å². The lowest BCUT2D eigenvalue weighted by molar-refractivity contribution is 0.269. The van der Waals surface area contributed by atoms with E-state index in [-0.39, 0.29) is 24.8 Å². The second-order valence-electron chi connectivity index (χ2n) is 6.10. The van der Waals surface area contributed by atoms with Gasteiger partial charge in [0.1, 0.15) is 6.61 Å². The maximum absolute atomic E-state index is 6.48. The molecule has 0 aliphatic heterocycles. The largest absolute Gasteiger partial charge is 0.490 e. The molecule has 0 radical (unpaired) electrons. The molecule has 0 atom stereocenters. The molecule has 0 fully saturated rings. The molecule has 0 aromatic heterocycles. The fourth-order valence-electron chi connectivity index (χ4n) is 2.64. The highest BCUT2D eigenvalue weighted by Gasteiger charge is 2.13. The van der Waals surface area contributed by atoms with Crippen molar-refractivity contribution >= 4 is 48.0 Å². The van der Waals surface area contributed by atoms with Crippen LogP contribution in [0.3, 0.4) is 0 Å². The fraction of sp³-hybridized carbons (Fsp3) is 0.429.